The molecule has 6 heteroatoms. The van der Waals surface area contributed by atoms with Crippen molar-refractivity contribution >= 4 is 29.2 Å². The molecule has 1 aliphatic heterocycles. The molecule has 1 saturated heterocycles. The Morgan fingerprint density at radius 1 is 1.39 bits per heavy atom. The number of hydrogen-bond donors (Lipinski definition) is 1. The summed E-state index contributed by atoms with van der Waals surface area (Å²) < 4.78 is 0. The van der Waals surface area contributed by atoms with E-state index in [4.69, 9.17) is 11.6 Å². The quantitative estimate of drug-likeness (QED) is 0.914. The lowest BCUT2D eigenvalue weighted by atomic mass is 10.1. The summed E-state index contributed by atoms with van der Waals surface area (Å²) in [6.07, 6.45) is 1.01. The molecular formula is C17H24ClN3O2. The molecule has 3 amide bonds. The molecule has 0 radical (unpaired) electrons. The maximum absolute atomic E-state index is 12.4. The summed E-state index contributed by atoms with van der Waals surface area (Å²) in [7, 11) is 1.76. The molecule has 0 aliphatic carbocycles. The van der Waals surface area contributed by atoms with E-state index in [-0.39, 0.29) is 18.0 Å². The minimum atomic E-state index is -0.168. The lowest BCUT2D eigenvalue weighted by Crippen LogP contribution is -2.34. The normalized spacial score (nSPS) is 17.5. The van der Waals surface area contributed by atoms with Gasteiger partial charge in [0.2, 0.25) is 0 Å². The summed E-state index contributed by atoms with van der Waals surface area (Å²) >= 11 is 6.16. The van der Waals surface area contributed by atoms with Crippen molar-refractivity contribution in [2.75, 3.05) is 25.5 Å². The molecule has 2 rings (SSSR count). The summed E-state index contributed by atoms with van der Waals surface area (Å²) in [5, 5.41) is 3.25. The van der Waals surface area contributed by atoms with Crippen LogP contribution < -0.4 is 5.32 Å². The Bertz CT molecular complexity index is 604. The number of carbonyl (C=O) groups is 2. The third-order valence-corrected chi connectivity index (χ3v) is 4.59. The fraction of sp³-hybridized carbons (Fsp3) is 0.529. The first kappa shape index (κ1) is 17.6. The predicted octanol–water partition coefficient (Wildman–Crippen LogP) is 3.69. The van der Waals surface area contributed by atoms with Crippen LogP contribution in [0.25, 0.3) is 0 Å². The van der Waals surface area contributed by atoms with Gasteiger partial charge in [-0.25, -0.2) is 4.79 Å². The van der Waals surface area contributed by atoms with Gasteiger partial charge in [0.1, 0.15) is 0 Å². The molecule has 1 aromatic rings. The zero-order valence-corrected chi connectivity index (χ0v) is 14.9. The van der Waals surface area contributed by atoms with E-state index in [2.05, 4.69) is 12.2 Å². The van der Waals surface area contributed by atoms with Crippen molar-refractivity contribution in [3.8, 4) is 0 Å². The molecule has 126 valence electrons. The highest BCUT2D eigenvalue weighted by molar-refractivity contribution is 6.33. The lowest BCUT2D eigenvalue weighted by Gasteiger charge is -2.22. The van der Waals surface area contributed by atoms with Gasteiger partial charge < -0.3 is 15.1 Å². The Balaban J connectivity index is 2.14. The van der Waals surface area contributed by atoms with Crippen LogP contribution in [0.5, 0.6) is 0 Å². The number of likely N-dealkylation sites (tertiary alicyclic amines) is 1. The van der Waals surface area contributed by atoms with E-state index in [1.807, 2.05) is 13.8 Å². The molecule has 5 nitrogen and oxygen atoms in total. The van der Waals surface area contributed by atoms with Crippen molar-refractivity contribution in [2.24, 2.45) is 5.92 Å². The van der Waals surface area contributed by atoms with E-state index in [9.17, 15) is 9.59 Å². The summed E-state index contributed by atoms with van der Waals surface area (Å²) in [5.41, 5.74) is 0.981. The Kier molecular flexibility index (Phi) is 5.52. The molecule has 1 N–H and O–H groups in total. The molecule has 0 saturated carbocycles. The average Bonchev–Trinajstić information content (AvgIpc) is 2.94. The smallest absolute Gasteiger partial charge is 0.321 e. The van der Waals surface area contributed by atoms with Gasteiger partial charge in [-0.05, 0) is 44.4 Å². The van der Waals surface area contributed by atoms with Gasteiger partial charge in [0.05, 0.1) is 10.7 Å². The zero-order chi connectivity index (χ0) is 17.1. The van der Waals surface area contributed by atoms with E-state index >= 15 is 0 Å². The van der Waals surface area contributed by atoms with Crippen LogP contribution in [0, 0.1) is 5.92 Å². The van der Waals surface area contributed by atoms with Crippen molar-refractivity contribution in [1.82, 2.24) is 9.80 Å². The van der Waals surface area contributed by atoms with Gasteiger partial charge in [0.25, 0.3) is 5.91 Å². The maximum Gasteiger partial charge on any atom is 0.321 e. The van der Waals surface area contributed by atoms with Crippen molar-refractivity contribution in [1.29, 1.82) is 0 Å². The highest BCUT2D eigenvalue weighted by Crippen LogP contribution is 2.25. The highest BCUT2D eigenvalue weighted by Gasteiger charge is 2.24. The van der Waals surface area contributed by atoms with Crippen LogP contribution in [0.2, 0.25) is 5.02 Å². The van der Waals surface area contributed by atoms with Gasteiger partial charge in [-0.1, -0.05) is 18.5 Å². The van der Waals surface area contributed by atoms with Crippen LogP contribution >= 0.6 is 11.6 Å². The van der Waals surface area contributed by atoms with Crippen LogP contribution in [0.3, 0.4) is 0 Å². The SMILES string of the molecule is CC1CCN(C(=O)Nc2cc(C(=O)N(C)C(C)C)ccc2Cl)C1. The topological polar surface area (TPSA) is 52.7 Å². The largest absolute Gasteiger partial charge is 0.339 e. The first-order chi connectivity index (χ1) is 10.8. The van der Waals surface area contributed by atoms with Crippen LogP contribution in [-0.4, -0.2) is 47.9 Å². The van der Waals surface area contributed by atoms with Gasteiger partial charge in [-0.2, -0.15) is 0 Å². The number of amides is 3. The monoisotopic (exact) mass is 337 g/mol. The molecular weight excluding hydrogens is 314 g/mol. The van der Waals surface area contributed by atoms with Gasteiger partial charge in [-0.3, -0.25) is 4.79 Å². The van der Waals surface area contributed by atoms with Gasteiger partial charge in [-0.15, -0.1) is 0 Å². The standard InChI is InChI=1S/C17H24ClN3O2/c1-11(2)20(4)16(22)13-5-6-14(18)15(9-13)19-17(23)21-8-7-12(3)10-21/h5-6,9,11-12H,7-8,10H2,1-4H3,(H,19,23). The molecule has 0 spiro atoms. The Hall–Kier alpha value is -1.75. The first-order valence-corrected chi connectivity index (χ1v) is 8.30. The number of urea groups is 1. The third kappa shape index (κ3) is 4.16. The van der Waals surface area contributed by atoms with Gasteiger partial charge in [0.15, 0.2) is 0 Å². The fourth-order valence-electron chi connectivity index (χ4n) is 2.51. The first-order valence-electron chi connectivity index (χ1n) is 7.92. The highest BCUT2D eigenvalue weighted by atomic mass is 35.5. The van der Waals surface area contributed by atoms with E-state index < -0.39 is 0 Å². The molecule has 1 aromatic carbocycles. The second-order valence-electron chi connectivity index (χ2n) is 6.47. The van der Waals surface area contributed by atoms with E-state index in [1.54, 1.807) is 35.0 Å². The molecule has 1 atom stereocenters. The number of rotatable bonds is 3. The van der Waals surface area contributed by atoms with Crippen LogP contribution in [0.1, 0.15) is 37.6 Å². The Labute approximate surface area is 142 Å². The second-order valence-corrected chi connectivity index (χ2v) is 6.88. The van der Waals surface area contributed by atoms with Gasteiger partial charge in [0, 0.05) is 31.7 Å². The molecule has 0 aromatic heterocycles. The number of benzene rings is 1. The molecule has 1 unspecified atom stereocenters. The zero-order valence-electron chi connectivity index (χ0n) is 14.1. The molecule has 0 bridgehead atoms. The van der Waals surface area contributed by atoms with Crippen molar-refractivity contribution < 1.29 is 9.59 Å². The Morgan fingerprint density at radius 2 is 2.09 bits per heavy atom. The predicted molar refractivity (Wildman–Crippen MR) is 93.1 cm³/mol. The maximum atomic E-state index is 12.4. The third-order valence-electron chi connectivity index (χ3n) is 4.26. The van der Waals surface area contributed by atoms with Crippen LogP contribution in [0.4, 0.5) is 10.5 Å². The summed E-state index contributed by atoms with van der Waals surface area (Å²) in [5.74, 6) is 0.422. The number of anilines is 1. The number of nitrogens with one attached hydrogen (secondary N) is 1. The van der Waals surface area contributed by atoms with Crippen LogP contribution in [-0.2, 0) is 0 Å². The Morgan fingerprint density at radius 3 is 2.65 bits per heavy atom. The minimum Gasteiger partial charge on any atom is -0.339 e. The van der Waals surface area contributed by atoms with E-state index in [1.165, 1.54) is 0 Å². The van der Waals surface area contributed by atoms with Crippen molar-refractivity contribution in [3.05, 3.63) is 28.8 Å². The van der Waals surface area contributed by atoms with Crippen molar-refractivity contribution in [2.45, 2.75) is 33.2 Å². The number of halogens is 1. The number of hydrogen-bond acceptors (Lipinski definition) is 2. The average molecular weight is 338 g/mol. The molecule has 1 aliphatic rings. The fourth-order valence-corrected chi connectivity index (χ4v) is 2.67. The van der Waals surface area contributed by atoms with E-state index in [0.29, 0.717) is 22.2 Å². The minimum absolute atomic E-state index is 0.0954. The summed E-state index contributed by atoms with van der Waals surface area (Å²) in [6.45, 7) is 7.52. The van der Waals surface area contributed by atoms with Gasteiger partial charge >= 0.3 is 6.03 Å². The molecule has 23 heavy (non-hydrogen) atoms. The van der Waals surface area contributed by atoms with E-state index in [0.717, 1.165) is 19.5 Å². The molecule has 1 fully saturated rings. The molecule has 1 heterocycles. The second kappa shape index (κ2) is 7.21. The van der Waals surface area contributed by atoms with Crippen molar-refractivity contribution in [3.63, 3.8) is 0 Å². The van der Waals surface area contributed by atoms with Crippen LogP contribution in [0.15, 0.2) is 18.2 Å². The number of carbonyl (C=O) groups excluding carboxylic acids is 2. The lowest BCUT2D eigenvalue weighted by molar-refractivity contribution is 0.0755. The summed E-state index contributed by atoms with van der Waals surface area (Å²) in [4.78, 5) is 28.1. The number of nitrogens with zero attached hydrogens (tertiary/aromatic N) is 2. The summed E-state index contributed by atoms with van der Waals surface area (Å²) in [6, 6.07) is 4.89.